The van der Waals surface area contributed by atoms with Crippen LogP contribution in [-0.2, 0) is 11.2 Å². The third-order valence-corrected chi connectivity index (χ3v) is 6.25. The minimum absolute atomic E-state index is 0.0133. The van der Waals surface area contributed by atoms with E-state index < -0.39 is 0 Å². The second-order valence-corrected chi connectivity index (χ2v) is 8.45. The maximum Gasteiger partial charge on any atom is 0.127 e. The number of hydrogen-bond donors (Lipinski definition) is 2. The number of aryl methyl sites for hydroxylation is 1. The smallest absolute Gasteiger partial charge is 0.127 e. The van der Waals surface area contributed by atoms with Crippen molar-refractivity contribution in [3.05, 3.63) is 46.6 Å². The molecule has 2 atom stereocenters. The van der Waals surface area contributed by atoms with E-state index in [9.17, 15) is 10.2 Å². The van der Waals surface area contributed by atoms with Crippen molar-refractivity contribution in [3.8, 4) is 11.5 Å². The van der Waals surface area contributed by atoms with Crippen LogP contribution < -0.4 is 0 Å². The predicted molar refractivity (Wildman–Crippen MR) is 111 cm³/mol. The molecule has 0 spiro atoms. The molecule has 2 N–H and O–H groups in total. The molecule has 3 heteroatoms. The highest BCUT2D eigenvalue weighted by atomic mass is 16.5. The van der Waals surface area contributed by atoms with Gasteiger partial charge in [-0.05, 0) is 57.1 Å². The normalized spacial score (nSPS) is 23.0. The van der Waals surface area contributed by atoms with E-state index in [-0.39, 0.29) is 29.3 Å². The molecule has 0 bridgehead atoms. The largest absolute Gasteiger partial charge is 0.507 e. The Kier molecular flexibility index (Phi) is 6.31. The topological polar surface area (TPSA) is 49.7 Å². The molecule has 27 heavy (non-hydrogen) atoms. The van der Waals surface area contributed by atoms with Gasteiger partial charge in [-0.3, -0.25) is 0 Å². The molecule has 1 saturated heterocycles. The zero-order chi connectivity index (χ0) is 19.6. The Bertz CT molecular complexity index is 728. The predicted octanol–water partition coefficient (Wildman–Crippen LogP) is 5.96. The van der Waals surface area contributed by atoms with Crippen molar-refractivity contribution in [2.75, 3.05) is 13.2 Å². The summed E-state index contributed by atoms with van der Waals surface area (Å²) in [6.45, 7) is 11.9. The van der Waals surface area contributed by atoms with E-state index in [0.29, 0.717) is 18.8 Å². The molecule has 0 saturated carbocycles. The minimum atomic E-state index is -0.0133. The molecule has 1 heterocycles. The van der Waals surface area contributed by atoms with Gasteiger partial charge in [-0.1, -0.05) is 43.6 Å². The fraction of sp³-hybridized carbons (Fsp3) is 0.583. The van der Waals surface area contributed by atoms with Gasteiger partial charge in [0, 0.05) is 23.0 Å². The summed E-state index contributed by atoms with van der Waals surface area (Å²) in [5.41, 5.74) is 5.20. The molecule has 3 nitrogen and oxygen atoms in total. The van der Waals surface area contributed by atoms with Crippen molar-refractivity contribution in [1.82, 2.24) is 0 Å². The van der Waals surface area contributed by atoms with Gasteiger partial charge in [0.05, 0.1) is 13.2 Å². The lowest BCUT2D eigenvalue weighted by Gasteiger charge is -2.34. The zero-order valence-corrected chi connectivity index (χ0v) is 17.1. The molecule has 1 aliphatic heterocycles. The Morgan fingerprint density at radius 3 is 2.56 bits per heavy atom. The molecule has 3 rings (SSSR count). The molecule has 2 unspecified atom stereocenters. The molecule has 1 fully saturated rings. The lowest BCUT2D eigenvalue weighted by atomic mass is 9.72. The monoisotopic (exact) mass is 370 g/mol. The quantitative estimate of drug-likeness (QED) is 0.460. The number of phenolic OH excluding ortho intramolecular Hbond substituents is 2. The Morgan fingerprint density at radius 1 is 1.22 bits per heavy atom. The van der Waals surface area contributed by atoms with E-state index >= 15 is 0 Å². The van der Waals surface area contributed by atoms with Gasteiger partial charge in [-0.15, -0.1) is 0 Å². The molecular formula is C24H34O3. The van der Waals surface area contributed by atoms with Gasteiger partial charge in [0.1, 0.15) is 11.5 Å². The fourth-order valence-corrected chi connectivity index (χ4v) is 4.60. The van der Waals surface area contributed by atoms with Crippen LogP contribution in [-0.4, -0.2) is 23.4 Å². The second kappa shape index (κ2) is 8.52. The van der Waals surface area contributed by atoms with Gasteiger partial charge < -0.3 is 14.9 Å². The Hall–Kier alpha value is -1.74. The average Bonchev–Trinajstić information content (AvgIpc) is 2.56. The average molecular weight is 371 g/mol. The third kappa shape index (κ3) is 4.08. The number of ether oxygens (including phenoxy) is 1. The lowest BCUT2D eigenvalue weighted by Crippen LogP contribution is -2.27. The van der Waals surface area contributed by atoms with Crippen LogP contribution in [0.4, 0.5) is 0 Å². The summed E-state index contributed by atoms with van der Waals surface area (Å²) in [6.07, 6.45) is 8.57. The van der Waals surface area contributed by atoms with Gasteiger partial charge in [-0.2, -0.15) is 0 Å². The first-order valence-corrected chi connectivity index (χ1v) is 10.4. The number of allylic oxidation sites excluding steroid dienone is 3. The molecule has 2 aliphatic rings. The second-order valence-electron chi connectivity index (χ2n) is 8.45. The van der Waals surface area contributed by atoms with Crippen molar-refractivity contribution in [2.45, 2.75) is 71.1 Å². The molecular weight excluding hydrogens is 336 g/mol. The van der Waals surface area contributed by atoms with Gasteiger partial charge in [0.15, 0.2) is 0 Å². The van der Waals surface area contributed by atoms with Crippen molar-refractivity contribution in [3.63, 3.8) is 0 Å². The highest BCUT2D eigenvalue weighted by molar-refractivity contribution is 5.58. The summed E-state index contributed by atoms with van der Waals surface area (Å²) in [5.74, 6) is 0.989. The zero-order valence-electron chi connectivity index (χ0n) is 17.1. The van der Waals surface area contributed by atoms with Gasteiger partial charge in [-0.25, -0.2) is 0 Å². The number of phenols is 2. The van der Waals surface area contributed by atoms with Crippen molar-refractivity contribution in [1.29, 1.82) is 0 Å². The number of unbranched alkanes of at least 4 members (excludes halogenated alkanes) is 2. The van der Waals surface area contributed by atoms with Crippen molar-refractivity contribution >= 4 is 0 Å². The fourth-order valence-electron chi connectivity index (χ4n) is 4.60. The third-order valence-electron chi connectivity index (χ3n) is 6.25. The summed E-state index contributed by atoms with van der Waals surface area (Å²) < 4.78 is 5.42. The molecule has 1 aliphatic carbocycles. The van der Waals surface area contributed by atoms with Gasteiger partial charge >= 0.3 is 0 Å². The van der Waals surface area contributed by atoms with Crippen LogP contribution in [0.2, 0.25) is 0 Å². The summed E-state index contributed by atoms with van der Waals surface area (Å²) in [4.78, 5) is 0. The molecule has 0 amide bonds. The first-order valence-electron chi connectivity index (χ1n) is 10.4. The number of benzene rings is 1. The van der Waals surface area contributed by atoms with Crippen LogP contribution in [0.5, 0.6) is 11.5 Å². The summed E-state index contributed by atoms with van der Waals surface area (Å²) in [7, 11) is 0. The maximum absolute atomic E-state index is 11.3. The van der Waals surface area contributed by atoms with E-state index in [4.69, 9.17) is 4.74 Å². The maximum atomic E-state index is 11.3. The lowest BCUT2D eigenvalue weighted by molar-refractivity contribution is 0.00707. The first kappa shape index (κ1) is 20.0. The number of aromatic hydroxyl groups is 2. The van der Waals surface area contributed by atoms with Crippen molar-refractivity contribution in [2.24, 2.45) is 5.92 Å². The minimum Gasteiger partial charge on any atom is -0.507 e. The highest BCUT2D eigenvalue weighted by Crippen LogP contribution is 2.50. The summed E-state index contributed by atoms with van der Waals surface area (Å²) in [5, 5.41) is 22.2. The van der Waals surface area contributed by atoms with E-state index in [1.807, 2.05) is 6.07 Å². The summed E-state index contributed by atoms with van der Waals surface area (Å²) in [6, 6.07) is 1.91. The number of hydrogen-bond acceptors (Lipinski definition) is 3. The van der Waals surface area contributed by atoms with Gasteiger partial charge in [0.2, 0.25) is 0 Å². The standard InChI is InChI=1S/C24H34O3/c1-5-6-7-8-17-12-21(25)23(24(26)22(17)18-13-27-14-18)20-11-16(4)9-10-19(20)15(2)3/h11-12,18-20,25-26H,2,5-10,13-14H2,1,3-4H3. The van der Waals surface area contributed by atoms with E-state index in [0.717, 1.165) is 55.2 Å². The Labute approximate surface area is 163 Å². The highest BCUT2D eigenvalue weighted by Gasteiger charge is 2.34. The molecule has 1 aromatic carbocycles. The number of rotatable bonds is 7. The van der Waals surface area contributed by atoms with Crippen LogP contribution in [0.1, 0.15) is 81.4 Å². The van der Waals surface area contributed by atoms with Crippen LogP contribution in [0.15, 0.2) is 29.9 Å². The molecule has 1 aromatic rings. The molecule has 0 aromatic heterocycles. The van der Waals surface area contributed by atoms with E-state index in [1.54, 1.807) is 0 Å². The molecule has 0 radical (unpaired) electrons. The Morgan fingerprint density at radius 2 is 1.96 bits per heavy atom. The van der Waals surface area contributed by atoms with Crippen LogP contribution in [0.3, 0.4) is 0 Å². The first-order chi connectivity index (χ1) is 12.9. The van der Waals surface area contributed by atoms with E-state index in [1.165, 1.54) is 5.57 Å². The summed E-state index contributed by atoms with van der Waals surface area (Å²) >= 11 is 0. The van der Waals surface area contributed by atoms with Gasteiger partial charge in [0.25, 0.3) is 0 Å². The van der Waals surface area contributed by atoms with Crippen LogP contribution in [0.25, 0.3) is 0 Å². The van der Waals surface area contributed by atoms with Crippen molar-refractivity contribution < 1.29 is 14.9 Å². The Balaban J connectivity index is 2.07. The SMILES string of the molecule is C=C(C)C1CCC(C)=CC1c1c(O)cc(CCCCC)c(C2COC2)c1O. The van der Waals surface area contributed by atoms with E-state index in [2.05, 4.69) is 33.4 Å². The molecule has 148 valence electrons. The van der Waals surface area contributed by atoms with Crippen LogP contribution in [0, 0.1) is 5.92 Å². The van der Waals surface area contributed by atoms with Crippen LogP contribution >= 0.6 is 0 Å².